The van der Waals surface area contributed by atoms with Gasteiger partial charge in [-0.05, 0) is 38.3 Å². The number of carbonyl (C=O) groups excluding carboxylic acids is 2. The molecule has 0 aromatic heterocycles. The molecule has 0 N–H and O–H groups in total. The lowest BCUT2D eigenvalue weighted by Crippen LogP contribution is -2.37. The predicted molar refractivity (Wildman–Crippen MR) is 98.8 cm³/mol. The zero-order valence-corrected chi connectivity index (χ0v) is 16.0. The maximum absolute atomic E-state index is 12.6. The van der Waals surface area contributed by atoms with E-state index in [1.807, 2.05) is 32.0 Å². The van der Waals surface area contributed by atoms with E-state index in [1.54, 1.807) is 11.8 Å². The van der Waals surface area contributed by atoms with E-state index in [-0.39, 0.29) is 24.9 Å². The lowest BCUT2D eigenvalue weighted by Gasteiger charge is -2.23. The normalized spacial score (nSPS) is 10.4. The van der Waals surface area contributed by atoms with Crippen molar-refractivity contribution in [1.82, 2.24) is 4.90 Å². The highest BCUT2D eigenvalue weighted by Gasteiger charge is 2.16. The van der Waals surface area contributed by atoms with E-state index in [0.29, 0.717) is 19.7 Å². The molecule has 0 fully saturated rings. The van der Waals surface area contributed by atoms with Gasteiger partial charge >= 0.3 is 5.97 Å². The molecule has 1 rings (SSSR count). The Morgan fingerprint density at radius 2 is 1.72 bits per heavy atom. The summed E-state index contributed by atoms with van der Waals surface area (Å²) in [5.74, 6) is 0.393. The minimum atomic E-state index is -0.272. The van der Waals surface area contributed by atoms with Gasteiger partial charge in [-0.25, -0.2) is 0 Å². The van der Waals surface area contributed by atoms with Crippen LogP contribution in [0.4, 0.5) is 0 Å². The van der Waals surface area contributed by atoms with E-state index >= 15 is 0 Å². The number of nitrogens with zero attached hydrogens (tertiary/aromatic N) is 1. The Kier molecular flexibility index (Phi) is 9.66. The number of amides is 1. The molecular formula is C20H31NO4. The summed E-state index contributed by atoms with van der Waals surface area (Å²) in [5, 5.41) is 0. The summed E-state index contributed by atoms with van der Waals surface area (Å²) in [6.07, 6.45) is 3.28. The van der Waals surface area contributed by atoms with Crippen LogP contribution in [0.25, 0.3) is 0 Å². The maximum atomic E-state index is 12.6. The quantitative estimate of drug-likeness (QED) is 0.452. The van der Waals surface area contributed by atoms with E-state index < -0.39 is 0 Å². The molecule has 140 valence electrons. The fourth-order valence-corrected chi connectivity index (χ4v) is 2.63. The van der Waals surface area contributed by atoms with Gasteiger partial charge in [0.2, 0.25) is 0 Å². The summed E-state index contributed by atoms with van der Waals surface area (Å²) < 4.78 is 10.7. The minimum Gasteiger partial charge on any atom is -0.483 e. The number of rotatable bonds is 11. The van der Waals surface area contributed by atoms with Crippen LogP contribution < -0.4 is 4.74 Å². The Bertz CT molecular complexity index is 536. The Morgan fingerprint density at radius 1 is 1.04 bits per heavy atom. The fraction of sp³-hybridized carbons (Fsp3) is 0.600. The van der Waals surface area contributed by atoms with Crippen molar-refractivity contribution in [1.29, 1.82) is 0 Å². The standard InChI is InChI=1S/C20H31NO4/c1-5-7-8-13-21(14-12-19(23)24-6-2)18(22)15-25-20-16(3)10-9-11-17(20)4/h9-11H,5-8,12-15H2,1-4H3. The third-order valence-corrected chi connectivity index (χ3v) is 4.02. The molecule has 5 heteroatoms. The van der Waals surface area contributed by atoms with Crippen molar-refractivity contribution in [2.75, 3.05) is 26.3 Å². The van der Waals surface area contributed by atoms with Crippen LogP contribution in [0.2, 0.25) is 0 Å². The van der Waals surface area contributed by atoms with Crippen LogP contribution in [-0.4, -0.2) is 43.1 Å². The third kappa shape index (κ3) is 7.59. The number of unbranched alkanes of at least 4 members (excludes halogenated alkanes) is 2. The second-order valence-electron chi connectivity index (χ2n) is 6.15. The predicted octanol–water partition coefficient (Wildman–Crippen LogP) is 3.65. The second kappa shape index (κ2) is 11.5. The highest BCUT2D eigenvalue weighted by molar-refractivity contribution is 5.78. The van der Waals surface area contributed by atoms with Crippen LogP contribution in [0.5, 0.6) is 5.75 Å². The van der Waals surface area contributed by atoms with Gasteiger partial charge in [-0.15, -0.1) is 0 Å². The molecule has 0 atom stereocenters. The van der Waals surface area contributed by atoms with Crippen molar-refractivity contribution in [2.45, 2.75) is 53.4 Å². The number of aryl methyl sites for hydroxylation is 2. The van der Waals surface area contributed by atoms with Gasteiger partial charge in [-0.2, -0.15) is 0 Å². The van der Waals surface area contributed by atoms with E-state index in [1.165, 1.54) is 0 Å². The average molecular weight is 349 g/mol. The molecule has 1 amide bonds. The van der Waals surface area contributed by atoms with Gasteiger partial charge in [0.1, 0.15) is 5.75 Å². The van der Waals surface area contributed by atoms with Gasteiger partial charge in [-0.1, -0.05) is 38.0 Å². The van der Waals surface area contributed by atoms with Crippen molar-refractivity contribution < 1.29 is 19.1 Å². The molecular weight excluding hydrogens is 318 g/mol. The van der Waals surface area contributed by atoms with Crippen molar-refractivity contribution in [3.05, 3.63) is 29.3 Å². The smallest absolute Gasteiger partial charge is 0.307 e. The highest BCUT2D eigenvalue weighted by Crippen LogP contribution is 2.22. The average Bonchev–Trinajstić information content (AvgIpc) is 2.57. The minimum absolute atomic E-state index is 0.0133. The van der Waals surface area contributed by atoms with Gasteiger partial charge in [0, 0.05) is 13.1 Å². The third-order valence-electron chi connectivity index (χ3n) is 4.02. The van der Waals surface area contributed by atoms with E-state index in [9.17, 15) is 9.59 Å². The zero-order chi connectivity index (χ0) is 18.7. The number of carbonyl (C=O) groups is 2. The lowest BCUT2D eigenvalue weighted by atomic mass is 10.1. The van der Waals surface area contributed by atoms with Gasteiger partial charge in [0.05, 0.1) is 13.0 Å². The SMILES string of the molecule is CCCCCN(CCC(=O)OCC)C(=O)COc1c(C)cccc1C. The van der Waals surface area contributed by atoms with Crippen LogP contribution in [0.15, 0.2) is 18.2 Å². The summed E-state index contributed by atoms with van der Waals surface area (Å²) in [4.78, 5) is 25.8. The molecule has 0 aliphatic carbocycles. The van der Waals surface area contributed by atoms with Crippen LogP contribution in [0.1, 0.15) is 50.7 Å². The molecule has 0 radical (unpaired) electrons. The van der Waals surface area contributed by atoms with Crippen molar-refractivity contribution in [2.24, 2.45) is 0 Å². The van der Waals surface area contributed by atoms with Crippen molar-refractivity contribution in [3.8, 4) is 5.75 Å². The molecule has 1 aromatic rings. The Balaban J connectivity index is 2.62. The first kappa shape index (κ1) is 21.0. The van der Waals surface area contributed by atoms with Crippen LogP contribution in [0, 0.1) is 13.8 Å². The molecule has 0 saturated carbocycles. The van der Waals surface area contributed by atoms with Crippen molar-refractivity contribution in [3.63, 3.8) is 0 Å². The van der Waals surface area contributed by atoms with Crippen LogP contribution >= 0.6 is 0 Å². The fourth-order valence-electron chi connectivity index (χ4n) is 2.63. The molecule has 0 unspecified atom stereocenters. The first-order valence-electron chi connectivity index (χ1n) is 9.12. The van der Waals surface area contributed by atoms with E-state index in [4.69, 9.17) is 9.47 Å². The van der Waals surface area contributed by atoms with Gasteiger partial charge in [-0.3, -0.25) is 9.59 Å². The Morgan fingerprint density at radius 3 is 2.32 bits per heavy atom. The second-order valence-corrected chi connectivity index (χ2v) is 6.15. The maximum Gasteiger partial charge on any atom is 0.307 e. The molecule has 25 heavy (non-hydrogen) atoms. The summed E-state index contributed by atoms with van der Waals surface area (Å²) >= 11 is 0. The van der Waals surface area contributed by atoms with Crippen LogP contribution in [-0.2, 0) is 14.3 Å². The molecule has 1 aromatic carbocycles. The molecule has 0 aliphatic rings. The van der Waals surface area contributed by atoms with Crippen LogP contribution in [0.3, 0.4) is 0 Å². The van der Waals surface area contributed by atoms with E-state index in [2.05, 4.69) is 6.92 Å². The number of para-hydroxylation sites is 1. The molecule has 0 spiro atoms. The Labute approximate surface area is 151 Å². The first-order chi connectivity index (χ1) is 12.0. The Hall–Kier alpha value is -2.04. The zero-order valence-electron chi connectivity index (χ0n) is 16.0. The number of ether oxygens (including phenoxy) is 2. The molecule has 0 aliphatic heterocycles. The largest absolute Gasteiger partial charge is 0.483 e. The number of benzene rings is 1. The van der Waals surface area contributed by atoms with Crippen molar-refractivity contribution >= 4 is 11.9 Å². The molecule has 0 bridgehead atoms. The lowest BCUT2D eigenvalue weighted by molar-refractivity contribution is -0.144. The number of esters is 1. The summed E-state index contributed by atoms with van der Waals surface area (Å²) in [6, 6.07) is 5.90. The molecule has 5 nitrogen and oxygen atoms in total. The monoisotopic (exact) mass is 349 g/mol. The number of hydrogen-bond acceptors (Lipinski definition) is 4. The molecule has 0 saturated heterocycles. The summed E-state index contributed by atoms with van der Waals surface area (Å²) in [5.41, 5.74) is 2.02. The van der Waals surface area contributed by atoms with E-state index in [0.717, 1.165) is 36.1 Å². The molecule has 0 heterocycles. The van der Waals surface area contributed by atoms with Gasteiger partial charge in [0.25, 0.3) is 5.91 Å². The highest BCUT2D eigenvalue weighted by atomic mass is 16.5. The first-order valence-corrected chi connectivity index (χ1v) is 9.12. The summed E-state index contributed by atoms with van der Waals surface area (Å²) in [6.45, 7) is 9.19. The van der Waals surface area contributed by atoms with Gasteiger partial charge in [0.15, 0.2) is 6.61 Å². The topological polar surface area (TPSA) is 55.8 Å². The summed E-state index contributed by atoms with van der Waals surface area (Å²) in [7, 11) is 0. The number of hydrogen-bond donors (Lipinski definition) is 0. The van der Waals surface area contributed by atoms with Gasteiger partial charge < -0.3 is 14.4 Å².